The highest BCUT2D eigenvalue weighted by molar-refractivity contribution is 6.30. The van der Waals surface area contributed by atoms with Gasteiger partial charge in [-0.3, -0.25) is 19.4 Å². The molecule has 1 fully saturated rings. The number of nitrogens with zero attached hydrogens (tertiary/aromatic N) is 3. The molecule has 0 radical (unpaired) electrons. The molecule has 0 saturated carbocycles. The zero-order valence-electron chi connectivity index (χ0n) is 22.3. The van der Waals surface area contributed by atoms with Crippen molar-refractivity contribution in [2.45, 2.75) is 38.3 Å². The van der Waals surface area contributed by atoms with E-state index in [1.54, 1.807) is 53.6 Å². The predicted molar refractivity (Wildman–Crippen MR) is 153 cm³/mol. The zero-order valence-corrected chi connectivity index (χ0v) is 23.0. The lowest BCUT2D eigenvalue weighted by atomic mass is 10.1. The van der Waals surface area contributed by atoms with Crippen LogP contribution in [0.15, 0.2) is 72.9 Å². The first-order valence-electron chi connectivity index (χ1n) is 13.2. The summed E-state index contributed by atoms with van der Waals surface area (Å²) < 4.78 is 5.96. The van der Waals surface area contributed by atoms with E-state index < -0.39 is 17.9 Å². The molecule has 0 spiro atoms. The highest BCUT2D eigenvalue weighted by Crippen LogP contribution is 2.17. The van der Waals surface area contributed by atoms with E-state index in [1.165, 1.54) is 6.08 Å². The molecule has 1 saturated heterocycles. The molecule has 1 aliphatic rings. The SMILES string of the molecule is Cc1cccc(OC2CCN(C(=O)CNC(=O)[C@H](Cc3ccccn3)NC(=O)/C=C/c3ccc(Cl)cc3)CC2)n1. The molecule has 3 aromatic rings. The number of benzene rings is 1. The third-order valence-electron chi connectivity index (χ3n) is 6.43. The van der Waals surface area contributed by atoms with Crippen molar-refractivity contribution < 1.29 is 19.1 Å². The minimum atomic E-state index is -0.911. The summed E-state index contributed by atoms with van der Waals surface area (Å²) in [5.74, 6) is -0.509. The Morgan fingerprint density at radius 3 is 2.55 bits per heavy atom. The number of nitrogens with one attached hydrogen (secondary N) is 2. The van der Waals surface area contributed by atoms with Gasteiger partial charge < -0.3 is 20.3 Å². The Kier molecular flexibility index (Phi) is 10.2. The lowest BCUT2D eigenvalue weighted by Crippen LogP contribution is -2.51. The Morgan fingerprint density at radius 2 is 1.85 bits per heavy atom. The quantitative estimate of drug-likeness (QED) is 0.367. The van der Waals surface area contributed by atoms with Crippen molar-refractivity contribution in [1.82, 2.24) is 25.5 Å². The summed E-state index contributed by atoms with van der Waals surface area (Å²) in [7, 11) is 0. The Morgan fingerprint density at radius 1 is 1.07 bits per heavy atom. The number of amides is 3. The van der Waals surface area contributed by atoms with Gasteiger partial charge in [0, 0.05) is 67.1 Å². The fourth-order valence-electron chi connectivity index (χ4n) is 4.28. The van der Waals surface area contributed by atoms with E-state index in [9.17, 15) is 14.4 Å². The Bertz CT molecular complexity index is 1330. The lowest BCUT2D eigenvalue weighted by Gasteiger charge is -2.32. The van der Waals surface area contributed by atoms with Crippen LogP contribution in [0.1, 0.15) is 29.8 Å². The van der Waals surface area contributed by atoms with Crippen LogP contribution in [0.2, 0.25) is 5.02 Å². The molecule has 10 heteroatoms. The molecule has 40 heavy (non-hydrogen) atoms. The summed E-state index contributed by atoms with van der Waals surface area (Å²) in [6.07, 6.45) is 6.11. The van der Waals surface area contributed by atoms with Crippen LogP contribution in [-0.4, -0.2) is 64.4 Å². The summed E-state index contributed by atoms with van der Waals surface area (Å²) in [4.78, 5) is 48.9. The maximum atomic E-state index is 13.1. The summed E-state index contributed by atoms with van der Waals surface area (Å²) in [5, 5.41) is 6.02. The highest BCUT2D eigenvalue weighted by atomic mass is 35.5. The minimum Gasteiger partial charge on any atom is -0.474 e. The van der Waals surface area contributed by atoms with Crippen molar-refractivity contribution in [1.29, 1.82) is 0 Å². The third-order valence-corrected chi connectivity index (χ3v) is 6.68. The number of hydrogen-bond donors (Lipinski definition) is 2. The summed E-state index contributed by atoms with van der Waals surface area (Å²) in [6, 6.07) is 17.1. The maximum absolute atomic E-state index is 13.1. The predicted octanol–water partition coefficient (Wildman–Crippen LogP) is 3.37. The van der Waals surface area contributed by atoms with Gasteiger partial charge in [-0.1, -0.05) is 35.9 Å². The van der Waals surface area contributed by atoms with Gasteiger partial charge in [-0.05, 0) is 48.9 Å². The number of aromatic nitrogens is 2. The molecule has 1 aliphatic heterocycles. The molecule has 2 N–H and O–H groups in total. The third kappa shape index (κ3) is 8.91. The fraction of sp³-hybridized carbons (Fsp3) is 0.300. The highest BCUT2D eigenvalue weighted by Gasteiger charge is 2.26. The fourth-order valence-corrected chi connectivity index (χ4v) is 4.40. The minimum absolute atomic E-state index is 0.0215. The summed E-state index contributed by atoms with van der Waals surface area (Å²) in [5.41, 5.74) is 2.32. The van der Waals surface area contributed by atoms with Crippen LogP contribution in [0, 0.1) is 6.92 Å². The van der Waals surface area contributed by atoms with Crippen LogP contribution >= 0.6 is 11.6 Å². The van der Waals surface area contributed by atoms with Gasteiger partial charge in [-0.2, -0.15) is 0 Å². The zero-order chi connectivity index (χ0) is 28.3. The van der Waals surface area contributed by atoms with Crippen LogP contribution in [0.4, 0.5) is 0 Å². The van der Waals surface area contributed by atoms with Gasteiger partial charge in [-0.25, -0.2) is 4.98 Å². The first-order chi connectivity index (χ1) is 19.4. The van der Waals surface area contributed by atoms with Crippen molar-refractivity contribution in [2.75, 3.05) is 19.6 Å². The van der Waals surface area contributed by atoms with E-state index >= 15 is 0 Å². The largest absolute Gasteiger partial charge is 0.474 e. The molecule has 3 heterocycles. The molecule has 1 atom stereocenters. The second kappa shape index (κ2) is 14.2. The summed E-state index contributed by atoms with van der Waals surface area (Å²) in [6.45, 7) is 2.79. The normalized spacial score (nSPS) is 14.5. The molecule has 0 aliphatic carbocycles. The number of piperidine rings is 1. The van der Waals surface area contributed by atoms with Gasteiger partial charge in [0.05, 0.1) is 6.54 Å². The van der Waals surface area contributed by atoms with Gasteiger partial charge >= 0.3 is 0 Å². The average Bonchev–Trinajstić information content (AvgIpc) is 2.96. The Labute approximate surface area is 238 Å². The summed E-state index contributed by atoms with van der Waals surface area (Å²) >= 11 is 5.91. The smallest absolute Gasteiger partial charge is 0.244 e. The first kappa shape index (κ1) is 28.8. The monoisotopic (exact) mass is 561 g/mol. The topological polar surface area (TPSA) is 114 Å². The van der Waals surface area contributed by atoms with Crippen LogP contribution < -0.4 is 15.4 Å². The molecule has 1 aromatic carbocycles. The lowest BCUT2D eigenvalue weighted by molar-refractivity contribution is -0.135. The van der Waals surface area contributed by atoms with Crippen molar-refractivity contribution in [3.63, 3.8) is 0 Å². The van der Waals surface area contributed by atoms with Crippen molar-refractivity contribution in [3.8, 4) is 5.88 Å². The van der Waals surface area contributed by atoms with E-state index in [1.807, 2.05) is 31.2 Å². The molecule has 4 rings (SSSR count). The van der Waals surface area contributed by atoms with Gasteiger partial charge in [0.1, 0.15) is 12.1 Å². The Balaban J connectivity index is 1.29. The van der Waals surface area contributed by atoms with Gasteiger partial charge in [0.2, 0.25) is 23.6 Å². The number of likely N-dealkylation sites (tertiary alicyclic amines) is 1. The van der Waals surface area contributed by atoms with Gasteiger partial charge in [0.15, 0.2) is 0 Å². The molecule has 2 aromatic heterocycles. The van der Waals surface area contributed by atoms with Crippen molar-refractivity contribution in [2.24, 2.45) is 0 Å². The van der Waals surface area contributed by atoms with E-state index in [-0.39, 0.29) is 25.0 Å². The number of pyridine rings is 2. The van der Waals surface area contributed by atoms with Crippen LogP contribution in [0.5, 0.6) is 5.88 Å². The molecule has 9 nitrogen and oxygen atoms in total. The second-order valence-corrected chi connectivity index (χ2v) is 9.94. The molecule has 208 valence electrons. The van der Waals surface area contributed by atoms with Crippen LogP contribution in [0.25, 0.3) is 6.08 Å². The second-order valence-electron chi connectivity index (χ2n) is 9.50. The molecule has 0 unspecified atom stereocenters. The van der Waals surface area contributed by atoms with E-state index in [2.05, 4.69) is 20.6 Å². The van der Waals surface area contributed by atoms with Gasteiger partial charge in [0.25, 0.3) is 0 Å². The number of ether oxygens (including phenoxy) is 1. The van der Waals surface area contributed by atoms with Crippen LogP contribution in [-0.2, 0) is 20.8 Å². The number of aryl methyl sites for hydroxylation is 1. The van der Waals surface area contributed by atoms with E-state index in [4.69, 9.17) is 16.3 Å². The van der Waals surface area contributed by atoms with Gasteiger partial charge in [-0.15, -0.1) is 0 Å². The van der Waals surface area contributed by atoms with E-state index in [0.29, 0.717) is 42.5 Å². The molecule has 3 amide bonds. The maximum Gasteiger partial charge on any atom is 0.244 e. The number of hydrogen-bond acceptors (Lipinski definition) is 6. The number of halogens is 1. The first-order valence-corrected chi connectivity index (χ1v) is 13.5. The van der Waals surface area contributed by atoms with Crippen molar-refractivity contribution >= 4 is 35.4 Å². The average molecular weight is 562 g/mol. The number of rotatable bonds is 10. The number of carbonyl (C=O) groups is 3. The molecular formula is C30H32ClN5O4. The standard InChI is InChI=1S/C30H32ClN5O4/c1-21-5-4-7-28(34-21)40-25-14-17-36(18-15-25)29(38)20-33-30(39)26(19-24-6-2-3-16-32-24)35-27(37)13-10-22-8-11-23(31)12-9-22/h2-13,16,25-26H,14-15,17-20H2,1H3,(H,33,39)(H,35,37)/b13-10+/t26-/m0/s1. The Hall–Kier alpha value is -4.24. The molecule has 0 bridgehead atoms. The van der Waals surface area contributed by atoms with E-state index in [0.717, 1.165) is 11.3 Å². The van der Waals surface area contributed by atoms with Crippen LogP contribution in [0.3, 0.4) is 0 Å². The molecular weight excluding hydrogens is 530 g/mol. The number of carbonyl (C=O) groups excluding carboxylic acids is 3. The van der Waals surface area contributed by atoms with Crippen molar-refractivity contribution in [3.05, 3.63) is 94.9 Å².